The van der Waals surface area contributed by atoms with Crippen molar-refractivity contribution in [3.05, 3.63) is 57.6 Å². The lowest BCUT2D eigenvalue weighted by Crippen LogP contribution is -2.16. The Bertz CT molecular complexity index is 807. The third-order valence-corrected chi connectivity index (χ3v) is 6.22. The van der Waals surface area contributed by atoms with Crippen molar-refractivity contribution in [3.63, 3.8) is 0 Å². The number of aromatic hydroxyl groups is 2. The molecule has 0 saturated heterocycles. The summed E-state index contributed by atoms with van der Waals surface area (Å²) in [6.07, 6.45) is 3.90. The van der Waals surface area contributed by atoms with E-state index in [9.17, 15) is 10.2 Å². The molecule has 0 fully saturated rings. The number of phenolic OH excluding ortho intramolecular Hbond substituents is 2. The molecule has 2 heteroatoms. The maximum atomic E-state index is 10.7. The van der Waals surface area contributed by atoms with Crippen molar-refractivity contribution in [2.75, 3.05) is 0 Å². The van der Waals surface area contributed by atoms with Gasteiger partial charge in [-0.05, 0) is 75.6 Å². The van der Waals surface area contributed by atoms with Gasteiger partial charge >= 0.3 is 0 Å². The lowest BCUT2D eigenvalue weighted by atomic mass is 9.75. The van der Waals surface area contributed by atoms with Crippen LogP contribution in [0.5, 0.6) is 11.5 Å². The third kappa shape index (κ3) is 5.02. The molecule has 2 N–H and O–H groups in total. The molecule has 0 aliphatic carbocycles. The summed E-state index contributed by atoms with van der Waals surface area (Å²) in [5.74, 6) is 1.05. The quantitative estimate of drug-likeness (QED) is 0.511. The van der Waals surface area contributed by atoms with Gasteiger partial charge in [-0.1, -0.05) is 80.9 Å². The molecule has 2 nitrogen and oxygen atoms in total. The van der Waals surface area contributed by atoms with Crippen molar-refractivity contribution < 1.29 is 10.2 Å². The fourth-order valence-electron chi connectivity index (χ4n) is 4.53. The molecule has 0 atom stereocenters. The maximum absolute atomic E-state index is 10.7. The number of aryl methyl sites for hydroxylation is 2. The van der Waals surface area contributed by atoms with Crippen LogP contribution in [-0.2, 0) is 23.7 Å². The average molecular weight is 411 g/mol. The predicted octanol–water partition coefficient (Wildman–Crippen LogP) is 7.75. The number of phenols is 2. The summed E-state index contributed by atoms with van der Waals surface area (Å²) >= 11 is 0. The Balaban J connectivity index is 2.83. The summed E-state index contributed by atoms with van der Waals surface area (Å²) in [5.41, 5.74) is 6.83. The molecule has 0 amide bonds. The molecule has 2 aromatic rings. The van der Waals surface area contributed by atoms with Crippen LogP contribution in [0.1, 0.15) is 114 Å². The van der Waals surface area contributed by atoms with Crippen LogP contribution in [0.3, 0.4) is 0 Å². The Morgan fingerprint density at radius 2 is 1.03 bits per heavy atom. The Morgan fingerprint density at radius 1 is 0.667 bits per heavy atom. The topological polar surface area (TPSA) is 40.5 Å². The van der Waals surface area contributed by atoms with Crippen LogP contribution in [-0.4, -0.2) is 10.2 Å². The molecule has 30 heavy (non-hydrogen) atoms. The molecule has 0 unspecified atom stereocenters. The van der Waals surface area contributed by atoms with Crippen molar-refractivity contribution >= 4 is 0 Å². The van der Waals surface area contributed by atoms with E-state index in [1.807, 2.05) is 12.1 Å². The summed E-state index contributed by atoms with van der Waals surface area (Å²) in [5, 5.41) is 21.4. The highest BCUT2D eigenvalue weighted by atomic mass is 16.3. The Labute approximate surface area is 184 Å². The molecule has 2 rings (SSSR count). The van der Waals surface area contributed by atoms with Gasteiger partial charge in [-0.3, -0.25) is 0 Å². The minimum absolute atomic E-state index is 0.124. The van der Waals surface area contributed by atoms with Gasteiger partial charge in [0, 0.05) is 5.92 Å². The minimum atomic E-state index is -0.124. The van der Waals surface area contributed by atoms with Gasteiger partial charge in [0.05, 0.1) is 0 Å². The summed E-state index contributed by atoms with van der Waals surface area (Å²) in [6, 6.07) is 8.46. The average Bonchev–Trinajstić information content (AvgIpc) is 2.64. The molecule has 0 radical (unpaired) electrons. The van der Waals surface area contributed by atoms with Gasteiger partial charge in [0.25, 0.3) is 0 Å². The first-order valence-electron chi connectivity index (χ1n) is 11.6. The van der Waals surface area contributed by atoms with E-state index >= 15 is 0 Å². The second-order valence-corrected chi connectivity index (χ2v) is 10.7. The largest absolute Gasteiger partial charge is 0.508 e. The van der Waals surface area contributed by atoms with Crippen molar-refractivity contribution in [3.8, 4) is 11.5 Å². The fraction of sp³-hybridized carbons (Fsp3) is 0.571. The van der Waals surface area contributed by atoms with Crippen LogP contribution in [0.2, 0.25) is 0 Å². The molecule has 2 aromatic carbocycles. The van der Waals surface area contributed by atoms with Gasteiger partial charge in [-0.2, -0.15) is 0 Å². The first kappa shape index (κ1) is 24.3. The Kier molecular flexibility index (Phi) is 7.32. The second kappa shape index (κ2) is 9.04. The molecule has 0 bridgehead atoms. The summed E-state index contributed by atoms with van der Waals surface area (Å²) in [7, 11) is 0. The number of benzene rings is 2. The van der Waals surface area contributed by atoms with Gasteiger partial charge in [-0.15, -0.1) is 0 Å². The molecular weight excluding hydrogens is 368 g/mol. The summed E-state index contributed by atoms with van der Waals surface area (Å²) in [6.45, 7) is 19.5. The van der Waals surface area contributed by atoms with Crippen LogP contribution >= 0.6 is 0 Å². The normalized spacial score (nSPS) is 12.6. The van der Waals surface area contributed by atoms with Crippen LogP contribution in [0, 0.1) is 0 Å². The van der Waals surface area contributed by atoms with Crippen LogP contribution in [0.25, 0.3) is 0 Å². The molecule has 0 spiro atoms. The van der Waals surface area contributed by atoms with Gasteiger partial charge in [0.1, 0.15) is 11.5 Å². The van der Waals surface area contributed by atoms with Gasteiger partial charge in [0.15, 0.2) is 0 Å². The standard InChI is InChI=1S/C28H42O2/c1-10-13-20(21-16-23(27(4,5)6)25(29)14-18(21)11-2)22-17-24(28(7,8)9)26(30)15-19(22)12-3/h14-17,20,29-30H,10-13H2,1-9H3. The molecule has 0 aliphatic rings. The van der Waals surface area contributed by atoms with E-state index in [0.29, 0.717) is 11.5 Å². The lowest BCUT2D eigenvalue weighted by Gasteiger charge is -2.29. The maximum Gasteiger partial charge on any atom is 0.119 e. The molecule has 0 aromatic heterocycles. The van der Waals surface area contributed by atoms with Gasteiger partial charge in [-0.25, -0.2) is 0 Å². The zero-order chi connectivity index (χ0) is 22.9. The van der Waals surface area contributed by atoms with Crippen LogP contribution in [0.4, 0.5) is 0 Å². The molecule has 0 saturated carbocycles. The first-order chi connectivity index (χ1) is 13.8. The van der Waals surface area contributed by atoms with E-state index in [0.717, 1.165) is 36.8 Å². The monoisotopic (exact) mass is 410 g/mol. The fourth-order valence-corrected chi connectivity index (χ4v) is 4.53. The highest BCUT2D eigenvalue weighted by Gasteiger charge is 2.27. The SMILES string of the molecule is CCCC(c1cc(C(C)(C)C)c(O)cc1CC)c1cc(C(C)(C)C)c(O)cc1CC. The highest BCUT2D eigenvalue weighted by Crippen LogP contribution is 2.43. The predicted molar refractivity (Wildman–Crippen MR) is 129 cm³/mol. The molecule has 0 heterocycles. The number of rotatable bonds is 6. The lowest BCUT2D eigenvalue weighted by molar-refractivity contribution is 0.444. The minimum Gasteiger partial charge on any atom is -0.508 e. The molecule has 0 aliphatic heterocycles. The van der Waals surface area contributed by atoms with E-state index in [1.54, 1.807) is 0 Å². The van der Waals surface area contributed by atoms with E-state index < -0.39 is 0 Å². The zero-order valence-corrected chi connectivity index (χ0v) is 20.6. The Hall–Kier alpha value is -1.96. The van der Waals surface area contributed by atoms with Crippen LogP contribution in [0.15, 0.2) is 24.3 Å². The van der Waals surface area contributed by atoms with E-state index in [-0.39, 0.29) is 16.7 Å². The number of hydrogen-bond acceptors (Lipinski definition) is 2. The Morgan fingerprint density at radius 3 is 1.30 bits per heavy atom. The van der Waals surface area contributed by atoms with Crippen LogP contribution < -0.4 is 0 Å². The second-order valence-electron chi connectivity index (χ2n) is 10.7. The number of hydrogen-bond donors (Lipinski definition) is 2. The third-order valence-electron chi connectivity index (χ3n) is 6.22. The summed E-state index contributed by atoms with van der Waals surface area (Å²) < 4.78 is 0. The van der Waals surface area contributed by atoms with E-state index in [2.05, 4.69) is 74.4 Å². The first-order valence-corrected chi connectivity index (χ1v) is 11.6. The molecular formula is C28H42O2. The van der Waals surface area contributed by atoms with Crippen molar-refractivity contribution in [2.24, 2.45) is 0 Å². The van der Waals surface area contributed by atoms with Crippen molar-refractivity contribution in [1.29, 1.82) is 0 Å². The summed E-state index contributed by atoms with van der Waals surface area (Å²) in [4.78, 5) is 0. The smallest absolute Gasteiger partial charge is 0.119 e. The van der Waals surface area contributed by atoms with E-state index in [1.165, 1.54) is 22.3 Å². The highest BCUT2D eigenvalue weighted by molar-refractivity contribution is 5.53. The van der Waals surface area contributed by atoms with Gasteiger partial charge in [0.2, 0.25) is 0 Å². The van der Waals surface area contributed by atoms with E-state index in [4.69, 9.17) is 0 Å². The van der Waals surface area contributed by atoms with Crippen molar-refractivity contribution in [2.45, 2.75) is 105 Å². The van der Waals surface area contributed by atoms with Gasteiger partial charge < -0.3 is 10.2 Å². The van der Waals surface area contributed by atoms with Crippen molar-refractivity contribution in [1.82, 2.24) is 0 Å². The molecule has 166 valence electrons. The zero-order valence-electron chi connectivity index (χ0n) is 20.6.